The second-order valence-corrected chi connectivity index (χ2v) is 7.06. The molecule has 0 unspecified atom stereocenters. The summed E-state index contributed by atoms with van der Waals surface area (Å²) >= 11 is 2.00. The third kappa shape index (κ3) is 1.66. The molecule has 3 atom stereocenters. The first-order valence-corrected chi connectivity index (χ1v) is 7.08. The van der Waals surface area contributed by atoms with E-state index in [-0.39, 0.29) is 0 Å². The van der Waals surface area contributed by atoms with Gasteiger partial charge in [0.2, 0.25) is 5.91 Å². The Hall–Kier alpha value is -0.220. The summed E-state index contributed by atoms with van der Waals surface area (Å²) in [6, 6.07) is 0. The van der Waals surface area contributed by atoms with Gasteiger partial charge in [-0.2, -0.15) is 0 Å². The van der Waals surface area contributed by atoms with Gasteiger partial charge in [-0.3, -0.25) is 4.79 Å². The van der Waals surface area contributed by atoms with Crippen molar-refractivity contribution in [2.75, 3.05) is 26.0 Å². The van der Waals surface area contributed by atoms with Gasteiger partial charge >= 0.3 is 0 Å². The Morgan fingerprint density at radius 2 is 2.19 bits per heavy atom. The van der Waals surface area contributed by atoms with Crippen molar-refractivity contribution in [1.29, 1.82) is 0 Å². The highest BCUT2D eigenvalue weighted by atomic mass is 32.2. The Morgan fingerprint density at radius 1 is 1.50 bits per heavy atom. The number of thioether (sulfide) groups is 1. The monoisotopic (exact) mass is 241 g/mol. The molecule has 16 heavy (non-hydrogen) atoms. The van der Waals surface area contributed by atoms with Crippen molar-refractivity contribution < 1.29 is 9.53 Å². The molecule has 2 saturated heterocycles. The molecule has 0 aromatic carbocycles. The van der Waals surface area contributed by atoms with Crippen molar-refractivity contribution in [2.45, 2.75) is 30.6 Å². The summed E-state index contributed by atoms with van der Waals surface area (Å²) in [5.74, 6) is 2.48. The molecule has 0 bridgehead atoms. The van der Waals surface area contributed by atoms with Crippen molar-refractivity contribution in [2.24, 2.45) is 11.8 Å². The van der Waals surface area contributed by atoms with Crippen LogP contribution in [0.4, 0.5) is 0 Å². The number of carbonyl (C=O) groups is 1. The Balaban J connectivity index is 1.53. The molecular weight excluding hydrogens is 222 g/mol. The topological polar surface area (TPSA) is 29.5 Å². The van der Waals surface area contributed by atoms with Gasteiger partial charge in [0.1, 0.15) is 0 Å². The fourth-order valence-electron chi connectivity index (χ4n) is 2.88. The maximum atomic E-state index is 12.0. The number of ether oxygens (including phenoxy) is 1. The van der Waals surface area contributed by atoms with Crippen LogP contribution in [0, 0.1) is 11.8 Å². The van der Waals surface area contributed by atoms with Gasteiger partial charge in [-0.1, -0.05) is 6.92 Å². The zero-order valence-electron chi connectivity index (χ0n) is 9.94. The first-order valence-electron chi connectivity index (χ1n) is 6.09. The summed E-state index contributed by atoms with van der Waals surface area (Å²) in [7, 11) is 1.79. The number of hydrogen-bond donors (Lipinski definition) is 0. The molecule has 1 amide bonds. The quantitative estimate of drug-likeness (QED) is 0.731. The average Bonchev–Trinajstić information content (AvgIpc) is 2.80. The summed E-state index contributed by atoms with van der Waals surface area (Å²) in [6.07, 6.45) is 2.64. The molecule has 3 rings (SSSR count). The lowest BCUT2D eigenvalue weighted by Crippen LogP contribution is -2.61. The van der Waals surface area contributed by atoms with Gasteiger partial charge in [0.15, 0.2) is 0 Å². The molecule has 0 N–H and O–H groups in total. The molecule has 2 heterocycles. The molecule has 0 aromatic heterocycles. The fraction of sp³-hybridized carbons (Fsp3) is 0.917. The summed E-state index contributed by atoms with van der Waals surface area (Å²) < 4.78 is 5.73. The summed E-state index contributed by atoms with van der Waals surface area (Å²) in [5, 5.41) is 0. The van der Waals surface area contributed by atoms with E-state index in [1.807, 2.05) is 11.8 Å². The zero-order chi connectivity index (χ0) is 11.3. The SMILES string of the molecule is CO[C@@H]1CSC2(C1)CN(C(=O)[C@H]1C[C@@H]1C)C2. The molecular formula is C12H19NO2S. The molecule has 0 radical (unpaired) electrons. The van der Waals surface area contributed by atoms with Gasteiger partial charge in [0, 0.05) is 31.9 Å². The van der Waals surface area contributed by atoms with Crippen LogP contribution in [0.2, 0.25) is 0 Å². The lowest BCUT2D eigenvalue weighted by Gasteiger charge is -2.47. The molecule has 3 aliphatic rings. The van der Waals surface area contributed by atoms with Crippen LogP contribution in [-0.4, -0.2) is 47.6 Å². The smallest absolute Gasteiger partial charge is 0.226 e. The predicted molar refractivity (Wildman–Crippen MR) is 64.5 cm³/mol. The van der Waals surface area contributed by atoms with Crippen LogP contribution in [-0.2, 0) is 9.53 Å². The summed E-state index contributed by atoms with van der Waals surface area (Å²) in [6.45, 7) is 4.09. The van der Waals surface area contributed by atoms with Gasteiger partial charge in [-0.05, 0) is 18.8 Å². The largest absolute Gasteiger partial charge is 0.381 e. The Kier molecular flexibility index (Phi) is 2.48. The van der Waals surface area contributed by atoms with Gasteiger partial charge in [-0.15, -0.1) is 11.8 Å². The third-order valence-corrected chi connectivity index (χ3v) is 5.78. The van der Waals surface area contributed by atoms with Crippen LogP contribution in [0.1, 0.15) is 19.8 Å². The van der Waals surface area contributed by atoms with Gasteiger partial charge in [-0.25, -0.2) is 0 Å². The Morgan fingerprint density at radius 3 is 2.69 bits per heavy atom. The zero-order valence-corrected chi connectivity index (χ0v) is 10.8. The van der Waals surface area contributed by atoms with Gasteiger partial charge < -0.3 is 9.64 Å². The van der Waals surface area contributed by atoms with E-state index in [4.69, 9.17) is 4.74 Å². The first kappa shape index (κ1) is 10.9. The molecule has 90 valence electrons. The molecule has 1 aliphatic carbocycles. The molecule has 2 aliphatic heterocycles. The van der Waals surface area contributed by atoms with E-state index in [9.17, 15) is 4.79 Å². The number of amides is 1. The van der Waals surface area contributed by atoms with Crippen molar-refractivity contribution in [1.82, 2.24) is 4.90 Å². The lowest BCUT2D eigenvalue weighted by molar-refractivity contribution is -0.138. The van der Waals surface area contributed by atoms with E-state index in [1.54, 1.807) is 7.11 Å². The Bertz CT molecular complexity index is 314. The van der Waals surface area contributed by atoms with Crippen molar-refractivity contribution >= 4 is 17.7 Å². The lowest BCUT2D eigenvalue weighted by atomic mass is 9.92. The van der Waals surface area contributed by atoms with E-state index < -0.39 is 0 Å². The van der Waals surface area contributed by atoms with Crippen molar-refractivity contribution in [3.8, 4) is 0 Å². The van der Waals surface area contributed by atoms with E-state index in [1.165, 1.54) is 0 Å². The Labute approximate surface area is 101 Å². The van der Waals surface area contributed by atoms with E-state index in [2.05, 4.69) is 11.8 Å². The molecule has 4 heteroatoms. The molecule has 1 spiro atoms. The highest BCUT2D eigenvalue weighted by Crippen LogP contribution is 2.48. The predicted octanol–water partition coefficient (Wildman–Crippen LogP) is 1.38. The number of methoxy groups -OCH3 is 1. The summed E-state index contributed by atoms with van der Waals surface area (Å²) in [5.41, 5.74) is 0. The number of nitrogens with zero attached hydrogens (tertiary/aromatic N) is 1. The van der Waals surface area contributed by atoms with E-state index in [0.29, 0.717) is 28.6 Å². The second-order valence-electron chi connectivity index (χ2n) is 5.57. The molecule has 0 aromatic rings. The van der Waals surface area contributed by atoms with Crippen LogP contribution >= 0.6 is 11.8 Å². The number of rotatable bonds is 2. The van der Waals surface area contributed by atoms with Gasteiger partial charge in [0.25, 0.3) is 0 Å². The van der Waals surface area contributed by atoms with Crippen LogP contribution in [0.5, 0.6) is 0 Å². The van der Waals surface area contributed by atoms with Crippen molar-refractivity contribution in [3.05, 3.63) is 0 Å². The van der Waals surface area contributed by atoms with Crippen LogP contribution < -0.4 is 0 Å². The highest BCUT2D eigenvalue weighted by Gasteiger charge is 2.53. The van der Waals surface area contributed by atoms with Crippen LogP contribution in [0.15, 0.2) is 0 Å². The van der Waals surface area contributed by atoms with Crippen molar-refractivity contribution in [3.63, 3.8) is 0 Å². The maximum absolute atomic E-state index is 12.0. The minimum atomic E-state index is 0.342. The average molecular weight is 241 g/mol. The van der Waals surface area contributed by atoms with Gasteiger partial charge in [0.05, 0.1) is 10.9 Å². The minimum absolute atomic E-state index is 0.342. The van der Waals surface area contributed by atoms with E-state index >= 15 is 0 Å². The van der Waals surface area contributed by atoms with E-state index in [0.717, 1.165) is 31.7 Å². The highest BCUT2D eigenvalue weighted by molar-refractivity contribution is 8.01. The minimum Gasteiger partial charge on any atom is -0.381 e. The van der Waals surface area contributed by atoms with Crippen LogP contribution in [0.3, 0.4) is 0 Å². The first-order chi connectivity index (χ1) is 7.63. The normalized spacial score (nSPS) is 39.9. The standard InChI is InChI=1S/C12H19NO2S/c1-8-3-10(8)11(14)13-6-12(7-13)4-9(15-2)5-16-12/h8-10H,3-7H2,1-2H3/t8-,9-,10-/m0/s1. The number of carbonyl (C=O) groups excluding carboxylic acids is 1. The third-order valence-electron chi connectivity index (χ3n) is 4.20. The second kappa shape index (κ2) is 3.64. The maximum Gasteiger partial charge on any atom is 0.226 e. The molecule has 3 fully saturated rings. The number of likely N-dealkylation sites (tertiary alicyclic amines) is 1. The van der Waals surface area contributed by atoms with Crippen LogP contribution in [0.25, 0.3) is 0 Å². The molecule has 3 nitrogen and oxygen atoms in total. The molecule has 1 saturated carbocycles. The fourth-order valence-corrected chi connectivity index (χ4v) is 4.47. The summed E-state index contributed by atoms with van der Waals surface area (Å²) in [4.78, 5) is 14.0. The number of hydrogen-bond acceptors (Lipinski definition) is 3.